The van der Waals surface area contributed by atoms with Crippen LogP contribution in [0.25, 0.3) is 0 Å². The molecular formula is C14H27O3. The van der Waals surface area contributed by atoms with Gasteiger partial charge in [0.2, 0.25) is 0 Å². The lowest BCUT2D eigenvalue weighted by atomic mass is 9.90. The number of hydrogen-bond donors (Lipinski definition) is 2. The van der Waals surface area contributed by atoms with Crippen molar-refractivity contribution in [1.29, 1.82) is 0 Å². The van der Waals surface area contributed by atoms with Crippen molar-refractivity contribution >= 4 is 5.97 Å². The van der Waals surface area contributed by atoms with Crippen molar-refractivity contribution < 1.29 is 15.0 Å². The molecule has 0 spiro atoms. The van der Waals surface area contributed by atoms with Gasteiger partial charge in [-0.05, 0) is 37.5 Å². The van der Waals surface area contributed by atoms with Gasteiger partial charge in [-0.1, -0.05) is 33.1 Å². The summed E-state index contributed by atoms with van der Waals surface area (Å²) in [5, 5.41) is 17.9. The van der Waals surface area contributed by atoms with E-state index in [2.05, 4.69) is 20.3 Å². The highest BCUT2D eigenvalue weighted by Crippen LogP contribution is 2.21. The summed E-state index contributed by atoms with van der Waals surface area (Å²) in [6.07, 6.45) is 8.38. The van der Waals surface area contributed by atoms with Crippen LogP contribution in [0.2, 0.25) is 0 Å². The van der Waals surface area contributed by atoms with Crippen LogP contribution in [0, 0.1) is 18.3 Å². The molecule has 17 heavy (non-hydrogen) atoms. The Labute approximate surface area is 105 Å². The lowest BCUT2D eigenvalue weighted by Crippen LogP contribution is -2.10. The van der Waals surface area contributed by atoms with E-state index >= 15 is 0 Å². The third-order valence-electron chi connectivity index (χ3n) is 3.26. The summed E-state index contributed by atoms with van der Waals surface area (Å²) in [6.45, 7) is 4.42. The summed E-state index contributed by atoms with van der Waals surface area (Å²) in [7, 11) is 0. The Kier molecular flexibility index (Phi) is 10.2. The molecule has 0 aliphatic carbocycles. The number of rotatable bonds is 11. The van der Waals surface area contributed by atoms with Gasteiger partial charge in [0.1, 0.15) is 0 Å². The molecule has 0 aromatic heterocycles. The fourth-order valence-corrected chi connectivity index (χ4v) is 1.98. The molecule has 3 heteroatoms. The Morgan fingerprint density at radius 2 is 1.88 bits per heavy atom. The first kappa shape index (κ1) is 16.4. The summed E-state index contributed by atoms with van der Waals surface area (Å²) in [4.78, 5) is 10.7. The molecule has 0 rings (SSSR count). The number of aliphatic carboxylic acids is 1. The van der Waals surface area contributed by atoms with E-state index in [1.807, 2.05) is 0 Å². The van der Waals surface area contributed by atoms with Crippen LogP contribution in [0.4, 0.5) is 0 Å². The summed E-state index contributed by atoms with van der Waals surface area (Å²) in [5.41, 5.74) is 0. The zero-order valence-electron chi connectivity index (χ0n) is 11.2. The third-order valence-corrected chi connectivity index (χ3v) is 3.26. The van der Waals surface area contributed by atoms with Crippen LogP contribution in [-0.2, 0) is 4.79 Å². The van der Waals surface area contributed by atoms with Gasteiger partial charge in [-0.25, -0.2) is 0 Å². The second-order valence-corrected chi connectivity index (χ2v) is 4.82. The van der Waals surface area contributed by atoms with Crippen molar-refractivity contribution in [3.63, 3.8) is 0 Å². The summed E-state index contributed by atoms with van der Waals surface area (Å²) >= 11 is 0. The zero-order chi connectivity index (χ0) is 13.1. The average Bonchev–Trinajstić information content (AvgIpc) is 2.30. The number of aliphatic hydroxyl groups excluding tert-OH is 1. The van der Waals surface area contributed by atoms with Crippen LogP contribution >= 0.6 is 0 Å². The number of hydrogen-bond acceptors (Lipinski definition) is 2. The minimum Gasteiger partial charge on any atom is -0.481 e. The largest absolute Gasteiger partial charge is 0.481 e. The number of carboxylic acids is 1. The van der Waals surface area contributed by atoms with Crippen molar-refractivity contribution in [2.75, 3.05) is 6.61 Å². The molecule has 2 N–H and O–H groups in total. The molecule has 0 saturated carbocycles. The van der Waals surface area contributed by atoms with Crippen molar-refractivity contribution in [3.05, 3.63) is 6.42 Å². The number of unbranched alkanes of at least 4 members (excludes halogenated alkanes) is 1. The highest BCUT2D eigenvalue weighted by atomic mass is 16.4. The molecule has 0 heterocycles. The predicted molar refractivity (Wildman–Crippen MR) is 69.7 cm³/mol. The van der Waals surface area contributed by atoms with E-state index < -0.39 is 5.97 Å². The van der Waals surface area contributed by atoms with Gasteiger partial charge in [-0.15, -0.1) is 0 Å². The standard InChI is InChI=1S/C14H27O3/c1-3-5-7-13(10-14(16)17)9-6-8-12(4-2)11-15/h6,12-13,15H,3-5,7-11H2,1-2H3,(H,16,17). The van der Waals surface area contributed by atoms with Gasteiger partial charge in [-0.3, -0.25) is 4.79 Å². The topological polar surface area (TPSA) is 57.5 Å². The molecule has 0 aliphatic rings. The maximum absolute atomic E-state index is 10.7. The maximum Gasteiger partial charge on any atom is 0.303 e. The molecule has 0 aliphatic heterocycles. The normalized spacial score (nSPS) is 14.5. The first-order chi connectivity index (χ1) is 8.13. The molecule has 101 valence electrons. The van der Waals surface area contributed by atoms with Gasteiger partial charge in [0, 0.05) is 13.0 Å². The second kappa shape index (κ2) is 10.6. The zero-order valence-corrected chi connectivity index (χ0v) is 11.2. The third kappa shape index (κ3) is 9.16. The molecule has 0 aromatic rings. The quantitative estimate of drug-likeness (QED) is 0.585. The number of aliphatic hydroxyl groups is 1. The van der Waals surface area contributed by atoms with E-state index in [1.165, 1.54) is 0 Å². The first-order valence-electron chi connectivity index (χ1n) is 6.78. The molecule has 3 nitrogen and oxygen atoms in total. The minimum absolute atomic E-state index is 0.228. The highest BCUT2D eigenvalue weighted by Gasteiger charge is 2.13. The number of carbonyl (C=O) groups is 1. The molecule has 0 aromatic carbocycles. The van der Waals surface area contributed by atoms with E-state index in [-0.39, 0.29) is 18.9 Å². The van der Waals surface area contributed by atoms with Gasteiger partial charge >= 0.3 is 5.97 Å². The lowest BCUT2D eigenvalue weighted by Gasteiger charge is -2.16. The van der Waals surface area contributed by atoms with E-state index in [1.54, 1.807) is 0 Å². The van der Waals surface area contributed by atoms with E-state index in [9.17, 15) is 4.79 Å². The Morgan fingerprint density at radius 1 is 1.24 bits per heavy atom. The lowest BCUT2D eigenvalue weighted by molar-refractivity contribution is -0.138. The van der Waals surface area contributed by atoms with Crippen molar-refractivity contribution in [2.24, 2.45) is 11.8 Å². The fraction of sp³-hybridized carbons (Fsp3) is 0.857. The maximum atomic E-state index is 10.7. The van der Waals surface area contributed by atoms with E-state index in [4.69, 9.17) is 10.2 Å². The van der Waals surface area contributed by atoms with Crippen LogP contribution < -0.4 is 0 Å². The SMILES string of the molecule is CCCCC(C[CH]CC(CC)CO)CC(=O)O. The van der Waals surface area contributed by atoms with Crippen LogP contribution in [-0.4, -0.2) is 22.8 Å². The van der Waals surface area contributed by atoms with Gasteiger partial charge < -0.3 is 10.2 Å². The van der Waals surface area contributed by atoms with Crippen LogP contribution in [0.5, 0.6) is 0 Å². The molecule has 0 saturated heterocycles. The van der Waals surface area contributed by atoms with Crippen LogP contribution in [0.3, 0.4) is 0 Å². The average molecular weight is 243 g/mol. The Bertz CT molecular complexity index is 188. The fourth-order valence-electron chi connectivity index (χ4n) is 1.98. The predicted octanol–water partition coefficient (Wildman–Crippen LogP) is 3.27. The Hall–Kier alpha value is -0.570. The van der Waals surface area contributed by atoms with Gasteiger partial charge in [0.05, 0.1) is 0 Å². The molecule has 1 radical (unpaired) electrons. The first-order valence-corrected chi connectivity index (χ1v) is 6.78. The van der Waals surface area contributed by atoms with Crippen LogP contribution in [0.15, 0.2) is 0 Å². The summed E-state index contributed by atoms with van der Waals surface area (Å²) in [6, 6.07) is 0. The second-order valence-electron chi connectivity index (χ2n) is 4.82. The smallest absolute Gasteiger partial charge is 0.303 e. The van der Waals surface area contributed by atoms with Crippen molar-refractivity contribution in [1.82, 2.24) is 0 Å². The summed E-state index contributed by atoms with van der Waals surface area (Å²) in [5.74, 6) is -0.0935. The molecule has 2 unspecified atom stereocenters. The van der Waals surface area contributed by atoms with Gasteiger partial charge in [0.25, 0.3) is 0 Å². The molecule has 2 atom stereocenters. The Balaban J connectivity index is 3.85. The minimum atomic E-state index is -0.700. The molecule has 0 fully saturated rings. The highest BCUT2D eigenvalue weighted by molar-refractivity contribution is 5.67. The molecule has 0 amide bonds. The van der Waals surface area contributed by atoms with Crippen molar-refractivity contribution in [2.45, 2.75) is 58.8 Å². The molecular weight excluding hydrogens is 216 g/mol. The summed E-state index contributed by atoms with van der Waals surface area (Å²) < 4.78 is 0. The van der Waals surface area contributed by atoms with Gasteiger partial charge in [-0.2, -0.15) is 0 Å². The van der Waals surface area contributed by atoms with Gasteiger partial charge in [0.15, 0.2) is 0 Å². The van der Waals surface area contributed by atoms with Crippen LogP contribution in [0.1, 0.15) is 58.8 Å². The number of carboxylic acid groups (broad SMARTS) is 1. The van der Waals surface area contributed by atoms with E-state index in [0.29, 0.717) is 5.92 Å². The monoisotopic (exact) mass is 243 g/mol. The van der Waals surface area contributed by atoms with Crippen molar-refractivity contribution in [3.8, 4) is 0 Å². The Morgan fingerprint density at radius 3 is 2.35 bits per heavy atom. The molecule has 0 bridgehead atoms. The van der Waals surface area contributed by atoms with E-state index in [0.717, 1.165) is 38.5 Å².